The normalized spacial score (nSPS) is 26.7. The number of carbonyl (C=O) groups excluding carboxylic acids is 1. The maximum Gasteiger partial charge on any atom is 0.259 e. The van der Waals surface area contributed by atoms with Gasteiger partial charge in [-0.1, -0.05) is 37.9 Å². The molecule has 5 heteroatoms. The smallest absolute Gasteiger partial charge is 0.259 e. The summed E-state index contributed by atoms with van der Waals surface area (Å²) in [5.41, 5.74) is 0. The van der Waals surface area contributed by atoms with Gasteiger partial charge < -0.3 is 0 Å². The van der Waals surface area contributed by atoms with Crippen LogP contribution in [0.4, 0.5) is 0 Å². The molecule has 104 valence electrons. The Hall–Kier alpha value is -0.840. The van der Waals surface area contributed by atoms with Crippen LogP contribution in [0.1, 0.15) is 68.4 Å². The Morgan fingerprint density at radius 3 is 2.79 bits per heavy atom. The van der Waals surface area contributed by atoms with Gasteiger partial charge in [0.2, 0.25) is 0 Å². The van der Waals surface area contributed by atoms with Crippen LogP contribution in [0, 0.1) is 5.92 Å². The topological polar surface area (TPSA) is 47.8 Å². The molecule has 0 saturated heterocycles. The summed E-state index contributed by atoms with van der Waals surface area (Å²) in [5, 5.41) is 5.22. The SMILES string of the molecule is CCCCC1CCC(c2nc3n(n2)C(=O)CS3)CC1. The van der Waals surface area contributed by atoms with Crippen molar-refractivity contribution < 1.29 is 4.79 Å². The van der Waals surface area contributed by atoms with Crippen molar-refractivity contribution in [1.29, 1.82) is 0 Å². The van der Waals surface area contributed by atoms with Crippen LogP contribution < -0.4 is 0 Å². The van der Waals surface area contributed by atoms with Crippen LogP contribution in [0.2, 0.25) is 0 Å². The van der Waals surface area contributed by atoms with Gasteiger partial charge in [-0.2, -0.15) is 4.68 Å². The lowest BCUT2D eigenvalue weighted by Gasteiger charge is -2.26. The summed E-state index contributed by atoms with van der Waals surface area (Å²) in [4.78, 5) is 16.1. The molecule has 0 radical (unpaired) electrons. The zero-order valence-corrected chi connectivity index (χ0v) is 12.3. The first-order chi connectivity index (χ1) is 9.28. The Kier molecular flexibility index (Phi) is 3.91. The van der Waals surface area contributed by atoms with Crippen molar-refractivity contribution in [1.82, 2.24) is 14.8 Å². The van der Waals surface area contributed by atoms with Crippen molar-refractivity contribution in [3.63, 3.8) is 0 Å². The summed E-state index contributed by atoms with van der Waals surface area (Å²) in [5.74, 6) is 2.87. The number of rotatable bonds is 4. The highest BCUT2D eigenvalue weighted by atomic mass is 32.2. The third kappa shape index (κ3) is 2.71. The van der Waals surface area contributed by atoms with E-state index in [0.29, 0.717) is 11.7 Å². The van der Waals surface area contributed by atoms with Gasteiger partial charge in [0.1, 0.15) is 0 Å². The van der Waals surface area contributed by atoms with Crippen molar-refractivity contribution in [3.05, 3.63) is 5.82 Å². The predicted octanol–water partition coefficient (Wildman–Crippen LogP) is 3.49. The molecular formula is C14H21N3OS. The first kappa shape index (κ1) is 13.2. The van der Waals surface area contributed by atoms with Crippen molar-refractivity contribution in [2.45, 2.75) is 62.9 Å². The van der Waals surface area contributed by atoms with Crippen molar-refractivity contribution in [2.24, 2.45) is 5.92 Å². The van der Waals surface area contributed by atoms with Crippen LogP contribution in [0.25, 0.3) is 0 Å². The number of thioether (sulfide) groups is 1. The quantitative estimate of drug-likeness (QED) is 0.846. The Morgan fingerprint density at radius 1 is 1.32 bits per heavy atom. The number of fused-ring (bicyclic) bond motifs is 1. The monoisotopic (exact) mass is 279 g/mol. The van der Waals surface area contributed by atoms with Gasteiger partial charge in [-0.3, -0.25) is 4.79 Å². The minimum Gasteiger partial charge on any atom is -0.271 e. The number of hydrogen-bond donors (Lipinski definition) is 0. The first-order valence-corrected chi connectivity index (χ1v) is 8.39. The second-order valence-electron chi connectivity index (χ2n) is 5.71. The number of unbranched alkanes of at least 4 members (excludes halogenated alkanes) is 1. The van der Waals surface area contributed by atoms with E-state index in [1.807, 2.05) is 0 Å². The molecule has 1 saturated carbocycles. The Morgan fingerprint density at radius 2 is 2.11 bits per heavy atom. The molecule has 19 heavy (non-hydrogen) atoms. The van der Waals surface area contributed by atoms with Gasteiger partial charge in [0.15, 0.2) is 11.0 Å². The molecule has 2 aliphatic rings. The molecule has 1 aromatic heterocycles. The van der Waals surface area contributed by atoms with E-state index in [9.17, 15) is 4.79 Å². The summed E-state index contributed by atoms with van der Waals surface area (Å²) in [6, 6.07) is 0. The molecule has 1 aliphatic heterocycles. The fraction of sp³-hybridized carbons (Fsp3) is 0.786. The maximum absolute atomic E-state index is 11.6. The van der Waals surface area contributed by atoms with Crippen molar-refractivity contribution >= 4 is 17.7 Å². The number of aromatic nitrogens is 3. The summed E-state index contributed by atoms with van der Waals surface area (Å²) < 4.78 is 1.50. The largest absolute Gasteiger partial charge is 0.271 e. The average Bonchev–Trinajstić information content (AvgIpc) is 3.00. The second kappa shape index (κ2) is 5.65. The molecule has 0 aromatic carbocycles. The minimum absolute atomic E-state index is 0.0791. The number of hydrogen-bond acceptors (Lipinski definition) is 4. The molecule has 0 N–H and O–H groups in total. The van der Waals surface area contributed by atoms with Crippen molar-refractivity contribution in [2.75, 3.05) is 5.75 Å². The van der Waals surface area contributed by atoms with Crippen LogP contribution in [0.3, 0.4) is 0 Å². The van der Waals surface area contributed by atoms with E-state index in [4.69, 9.17) is 0 Å². The molecule has 0 unspecified atom stereocenters. The van der Waals surface area contributed by atoms with E-state index in [2.05, 4.69) is 17.0 Å². The zero-order chi connectivity index (χ0) is 13.2. The van der Waals surface area contributed by atoms with E-state index in [1.54, 1.807) is 0 Å². The third-order valence-electron chi connectivity index (χ3n) is 4.33. The molecule has 4 nitrogen and oxygen atoms in total. The highest BCUT2D eigenvalue weighted by molar-refractivity contribution is 8.00. The molecule has 2 heterocycles. The molecule has 1 fully saturated rings. The summed E-state index contributed by atoms with van der Waals surface area (Å²) in [6.45, 7) is 2.26. The standard InChI is InChI=1S/C14H21N3OS/c1-2-3-4-10-5-7-11(8-6-10)13-15-14-17(16-13)12(18)9-19-14/h10-11H,2-9H2,1H3. The molecule has 3 rings (SSSR count). The lowest BCUT2D eigenvalue weighted by atomic mass is 9.79. The first-order valence-electron chi connectivity index (χ1n) is 7.41. The fourth-order valence-corrected chi connectivity index (χ4v) is 3.93. The van der Waals surface area contributed by atoms with Gasteiger partial charge in [-0.05, 0) is 31.6 Å². The van der Waals surface area contributed by atoms with E-state index in [1.165, 1.54) is 61.4 Å². The fourth-order valence-electron chi connectivity index (χ4n) is 3.13. The molecular weight excluding hydrogens is 258 g/mol. The van der Waals surface area contributed by atoms with Gasteiger partial charge in [0.25, 0.3) is 5.91 Å². The Labute approximate surface area is 118 Å². The van der Waals surface area contributed by atoms with Crippen LogP contribution in [-0.2, 0) is 0 Å². The summed E-state index contributed by atoms with van der Waals surface area (Å²) in [6.07, 6.45) is 9.02. The van der Waals surface area contributed by atoms with E-state index < -0.39 is 0 Å². The number of carbonyl (C=O) groups is 1. The van der Waals surface area contributed by atoms with Gasteiger partial charge in [-0.15, -0.1) is 5.10 Å². The third-order valence-corrected chi connectivity index (χ3v) is 5.25. The van der Waals surface area contributed by atoms with Gasteiger partial charge in [0.05, 0.1) is 5.75 Å². The Bertz CT molecular complexity index is 463. The molecule has 0 atom stereocenters. The van der Waals surface area contributed by atoms with Gasteiger partial charge >= 0.3 is 0 Å². The lowest BCUT2D eigenvalue weighted by Crippen LogP contribution is -2.15. The van der Waals surface area contributed by atoms with E-state index in [-0.39, 0.29) is 5.91 Å². The van der Waals surface area contributed by atoms with Crippen molar-refractivity contribution in [3.8, 4) is 0 Å². The highest BCUT2D eigenvalue weighted by Crippen LogP contribution is 2.37. The maximum atomic E-state index is 11.6. The Balaban J connectivity index is 1.60. The van der Waals surface area contributed by atoms with Crippen LogP contribution in [0.5, 0.6) is 0 Å². The molecule has 0 spiro atoms. The number of nitrogens with zero attached hydrogens (tertiary/aromatic N) is 3. The van der Waals surface area contributed by atoms with E-state index in [0.717, 1.165) is 16.9 Å². The summed E-state index contributed by atoms with van der Waals surface area (Å²) in [7, 11) is 0. The molecule has 0 bridgehead atoms. The summed E-state index contributed by atoms with van der Waals surface area (Å²) >= 11 is 1.51. The lowest BCUT2D eigenvalue weighted by molar-refractivity contribution is 0.0922. The van der Waals surface area contributed by atoms with Gasteiger partial charge in [-0.25, -0.2) is 4.98 Å². The molecule has 0 amide bonds. The molecule has 1 aromatic rings. The van der Waals surface area contributed by atoms with E-state index >= 15 is 0 Å². The predicted molar refractivity (Wildman–Crippen MR) is 75.6 cm³/mol. The average molecular weight is 279 g/mol. The molecule has 1 aliphatic carbocycles. The second-order valence-corrected chi connectivity index (χ2v) is 6.65. The minimum atomic E-state index is 0.0791. The van der Waals surface area contributed by atoms with Crippen LogP contribution in [-0.4, -0.2) is 26.4 Å². The zero-order valence-electron chi connectivity index (χ0n) is 11.5. The highest BCUT2D eigenvalue weighted by Gasteiger charge is 2.29. The van der Waals surface area contributed by atoms with Crippen LogP contribution in [0.15, 0.2) is 5.16 Å². The van der Waals surface area contributed by atoms with Crippen LogP contribution >= 0.6 is 11.8 Å². The van der Waals surface area contributed by atoms with Gasteiger partial charge in [0, 0.05) is 5.92 Å².